The van der Waals surface area contributed by atoms with Crippen molar-refractivity contribution in [1.82, 2.24) is 0 Å². The monoisotopic (exact) mass is 692 g/mol. The van der Waals surface area contributed by atoms with E-state index in [1.807, 2.05) is 20.8 Å². The van der Waals surface area contributed by atoms with E-state index in [1.165, 1.54) is 32.6 Å². The smallest absolute Gasteiger partial charge is 0.311 e. The van der Waals surface area contributed by atoms with E-state index in [0.717, 1.165) is 74.7 Å². The third-order valence-corrected chi connectivity index (χ3v) is 13.2. The summed E-state index contributed by atoms with van der Waals surface area (Å²) in [7, 11) is 0. The van der Waals surface area contributed by atoms with Crippen LogP contribution < -0.4 is 0 Å². The lowest BCUT2D eigenvalue weighted by Crippen LogP contribution is -2.41. The molecular weight excluding hydrogens is 624 g/mol. The van der Waals surface area contributed by atoms with Gasteiger partial charge in [0.1, 0.15) is 18.3 Å². The molecule has 282 valence electrons. The number of carbonyl (C=O) groups is 4. The van der Waals surface area contributed by atoms with Crippen LogP contribution in [0.2, 0.25) is 0 Å². The third-order valence-electron chi connectivity index (χ3n) is 13.2. The Balaban J connectivity index is 0.000000406. The fraction of sp³-hybridized carbons (Fsp3) is 0.900. The summed E-state index contributed by atoms with van der Waals surface area (Å²) < 4.78 is 27.7. The van der Waals surface area contributed by atoms with Crippen LogP contribution in [-0.4, -0.2) is 55.1 Å². The van der Waals surface area contributed by atoms with Crippen LogP contribution in [-0.2, 0) is 42.9 Å². The highest BCUT2D eigenvalue weighted by atomic mass is 16.7. The van der Waals surface area contributed by atoms with Gasteiger partial charge in [0.15, 0.2) is 0 Å². The molecule has 2 saturated heterocycles. The highest BCUT2D eigenvalue weighted by Gasteiger charge is 2.64. The van der Waals surface area contributed by atoms with Gasteiger partial charge in [-0.25, -0.2) is 0 Å². The first kappa shape index (κ1) is 41.3. The van der Waals surface area contributed by atoms with Gasteiger partial charge in [-0.05, 0) is 120 Å². The lowest BCUT2D eigenvalue weighted by atomic mass is 9.70. The van der Waals surface area contributed by atoms with Crippen molar-refractivity contribution in [2.45, 2.75) is 159 Å². The minimum Gasteiger partial charge on any atom is -0.462 e. The van der Waals surface area contributed by atoms with Gasteiger partial charge in [-0.1, -0.05) is 36.6 Å². The number of esters is 4. The highest BCUT2D eigenvalue weighted by molar-refractivity contribution is 5.79. The SMILES string of the molecule is C.C.C.C.CC(=O)OC1CCCCO1.CCC(CC(C)(C)C(=O)OC1CC2CC1C1C3CCC(C3)C21)C(=O)OC1C2CC3C(=O)OC1C3C2. The van der Waals surface area contributed by atoms with Crippen LogP contribution >= 0.6 is 0 Å². The molecule has 6 saturated carbocycles. The van der Waals surface area contributed by atoms with E-state index in [9.17, 15) is 19.2 Å². The molecule has 49 heavy (non-hydrogen) atoms. The van der Waals surface area contributed by atoms with Gasteiger partial charge in [-0.2, -0.15) is 0 Å². The molecule has 6 bridgehead atoms. The van der Waals surface area contributed by atoms with Crippen molar-refractivity contribution in [2.24, 2.45) is 64.6 Å². The quantitative estimate of drug-likeness (QED) is 0.141. The van der Waals surface area contributed by atoms with Gasteiger partial charge in [0, 0.05) is 25.2 Å². The van der Waals surface area contributed by atoms with E-state index in [2.05, 4.69) is 0 Å². The third kappa shape index (κ3) is 7.58. The molecule has 9 nitrogen and oxygen atoms in total. The second kappa shape index (κ2) is 16.0. The van der Waals surface area contributed by atoms with Gasteiger partial charge >= 0.3 is 23.9 Å². The molecule has 8 fully saturated rings. The number of carbonyl (C=O) groups excluding carboxylic acids is 4. The Kier molecular flexibility index (Phi) is 13.5. The number of rotatable bonds is 8. The van der Waals surface area contributed by atoms with Crippen molar-refractivity contribution in [2.75, 3.05) is 6.61 Å². The van der Waals surface area contributed by atoms with Crippen molar-refractivity contribution in [3.8, 4) is 0 Å². The van der Waals surface area contributed by atoms with Crippen molar-refractivity contribution in [3.05, 3.63) is 0 Å². The fourth-order valence-electron chi connectivity index (χ4n) is 11.3. The molecule has 0 aromatic carbocycles. The van der Waals surface area contributed by atoms with Crippen molar-refractivity contribution < 1.29 is 42.9 Å². The summed E-state index contributed by atoms with van der Waals surface area (Å²) in [6.45, 7) is 7.93. The van der Waals surface area contributed by atoms with Crippen LogP contribution in [0.1, 0.15) is 134 Å². The first-order valence-corrected chi connectivity index (χ1v) is 17.9. The van der Waals surface area contributed by atoms with Crippen molar-refractivity contribution in [1.29, 1.82) is 0 Å². The summed E-state index contributed by atoms with van der Waals surface area (Å²) in [5, 5.41) is 0. The molecule has 14 unspecified atom stereocenters. The predicted molar refractivity (Wildman–Crippen MR) is 188 cm³/mol. The maximum atomic E-state index is 13.4. The topological polar surface area (TPSA) is 114 Å². The Bertz CT molecular complexity index is 1180. The van der Waals surface area contributed by atoms with Crippen LogP contribution in [0.25, 0.3) is 0 Å². The van der Waals surface area contributed by atoms with Crippen LogP contribution in [0.5, 0.6) is 0 Å². The summed E-state index contributed by atoms with van der Waals surface area (Å²) in [5.41, 5.74) is -0.741. The Morgan fingerprint density at radius 2 is 1.51 bits per heavy atom. The molecule has 9 heteroatoms. The first-order chi connectivity index (χ1) is 21.5. The minimum absolute atomic E-state index is 0. The summed E-state index contributed by atoms with van der Waals surface area (Å²) in [6.07, 6.45) is 11.5. The number of hydrogen-bond acceptors (Lipinski definition) is 9. The molecule has 2 aliphatic heterocycles. The maximum absolute atomic E-state index is 13.4. The van der Waals surface area contributed by atoms with E-state index < -0.39 is 5.41 Å². The Labute approximate surface area is 296 Å². The molecule has 0 aromatic heterocycles. The second-order valence-corrected chi connectivity index (χ2v) is 16.2. The van der Waals surface area contributed by atoms with E-state index in [1.54, 1.807) is 0 Å². The Morgan fingerprint density at radius 1 is 0.816 bits per heavy atom. The lowest BCUT2D eigenvalue weighted by molar-refractivity contribution is -0.184. The van der Waals surface area contributed by atoms with Crippen LogP contribution in [0.3, 0.4) is 0 Å². The molecule has 0 spiro atoms. The van der Waals surface area contributed by atoms with Crippen LogP contribution in [0, 0.1) is 64.6 Å². The van der Waals surface area contributed by atoms with Gasteiger partial charge in [0.05, 0.1) is 23.9 Å². The zero-order valence-electron chi connectivity index (χ0n) is 27.4. The molecule has 14 atom stereocenters. The van der Waals surface area contributed by atoms with Crippen molar-refractivity contribution in [3.63, 3.8) is 0 Å². The summed E-state index contributed by atoms with van der Waals surface area (Å²) in [6, 6.07) is 0. The van der Waals surface area contributed by atoms with Crippen molar-refractivity contribution >= 4 is 23.9 Å². The summed E-state index contributed by atoms with van der Waals surface area (Å²) >= 11 is 0. The van der Waals surface area contributed by atoms with Gasteiger partial charge in [0.25, 0.3) is 0 Å². The number of ether oxygens (including phenoxy) is 5. The van der Waals surface area contributed by atoms with Crippen LogP contribution in [0.15, 0.2) is 0 Å². The lowest BCUT2D eigenvalue weighted by Gasteiger charge is -2.39. The van der Waals surface area contributed by atoms with E-state index in [4.69, 9.17) is 23.7 Å². The molecular formula is C40H68O9. The van der Waals surface area contributed by atoms with Crippen LogP contribution in [0.4, 0.5) is 0 Å². The molecule has 6 aliphatic carbocycles. The van der Waals surface area contributed by atoms with Gasteiger partial charge < -0.3 is 23.7 Å². The molecule has 0 amide bonds. The van der Waals surface area contributed by atoms with E-state index >= 15 is 0 Å². The summed E-state index contributed by atoms with van der Waals surface area (Å²) in [4.78, 5) is 49.0. The zero-order chi connectivity index (χ0) is 31.6. The first-order valence-electron chi connectivity index (χ1n) is 17.9. The summed E-state index contributed by atoms with van der Waals surface area (Å²) in [5.74, 6) is 4.13. The highest BCUT2D eigenvalue weighted by Crippen LogP contribution is 2.68. The fourth-order valence-corrected chi connectivity index (χ4v) is 11.3. The standard InChI is InChI=1S/C29H40O6.C7H12O3.4CH4/c1-4-13(26(30)34-24-17-9-18-19(10-17)27(31)35-25(18)24)12-29(2,3)28(32)33-21-11-16-8-20(21)23-15-6-5-14(7-15)22(16)23;1-6(8)10-7-4-2-3-5-9-7;;;;/h13-25H,4-12H2,1-3H3;7H,2-5H2,1H3;4*1H4. The maximum Gasteiger partial charge on any atom is 0.311 e. The Morgan fingerprint density at radius 3 is 2.16 bits per heavy atom. The molecule has 8 aliphatic rings. The average Bonchev–Trinajstić information content (AvgIpc) is 3.85. The second-order valence-electron chi connectivity index (χ2n) is 16.2. The molecule has 0 radical (unpaired) electrons. The predicted octanol–water partition coefficient (Wildman–Crippen LogP) is 8.16. The molecule has 0 aromatic rings. The number of hydrogen-bond donors (Lipinski definition) is 0. The van der Waals surface area contributed by atoms with Gasteiger partial charge in [-0.3, -0.25) is 19.2 Å². The van der Waals surface area contributed by atoms with Gasteiger partial charge in [0.2, 0.25) is 6.29 Å². The Hall–Kier alpha value is -2.16. The normalized spacial score (nSPS) is 40.2. The van der Waals surface area contributed by atoms with E-state index in [0.29, 0.717) is 18.8 Å². The zero-order valence-corrected chi connectivity index (χ0v) is 27.4. The van der Waals surface area contributed by atoms with Gasteiger partial charge in [-0.15, -0.1) is 0 Å². The average molecular weight is 693 g/mol. The van der Waals surface area contributed by atoms with E-state index in [-0.39, 0.29) is 102 Å². The largest absolute Gasteiger partial charge is 0.462 e. The number of fused-ring (bicyclic) bond motifs is 10. The molecule has 2 heterocycles. The molecule has 8 rings (SSSR count). The molecule has 0 N–H and O–H groups in total. The minimum atomic E-state index is -0.741.